The molecule has 0 saturated carbocycles. The van der Waals surface area contributed by atoms with Gasteiger partial charge in [-0.15, -0.1) is 0 Å². The number of hydrogen-bond donors (Lipinski definition) is 1. The Bertz CT molecular complexity index is 440. The zero-order valence-electron chi connectivity index (χ0n) is 9.36. The third-order valence-electron chi connectivity index (χ3n) is 2.36. The van der Waals surface area contributed by atoms with Gasteiger partial charge in [0.05, 0.1) is 5.57 Å². The SMILES string of the molecule is Cc1cccc(N/C=C2/C[C@@H](C)OC2=O)n1. The van der Waals surface area contributed by atoms with E-state index in [2.05, 4.69) is 10.3 Å². The highest BCUT2D eigenvalue weighted by molar-refractivity contribution is 5.90. The number of esters is 1. The monoisotopic (exact) mass is 218 g/mol. The molecule has 0 bridgehead atoms. The first kappa shape index (κ1) is 10.7. The largest absolute Gasteiger partial charge is 0.459 e. The number of aryl methyl sites for hydroxylation is 1. The molecule has 16 heavy (non-hydrogen) atoms. The lowest BCUT2D eigenvalue weighted by Gasteiger charge is -2.00. The molecule has 1 fully saturated rings. The van der Waals surface area contributed by atoms with Gasteiger partial charge in [-0.3, -0.25) is 0 Å². The Kier molecular flexibility index (Phi) is 2.90. The third kappa shape index (κ3) is 2.39. The number of hydrogen-bond acceptors (Lipinski definition) is 4. The minimum atomic E-state index is -0.243. The maximum absolute atomic E-state index is 11.3. The van der Waals surface area contributed by atoms with Gasteiger partial charge in [-0.2, -0.15) is 0 Å². The van der Waals surface area contributed by atoms with Gasteiger partial charge in [-0.05, 0) is 26.0 Å². The first-order valence-corrected chi connectivity index (χ1v) is 5.25. The Morgan fingerprint density at radius 2 is 2.38 bits per heavy atom. The standard InChI is InChI=1S/C12H14N2O2/c1-8-4-3-5-11(14-8)13-7-10-6-9(2)16-12(10)15/h3-5,7,9H,6H2,1-2H3,(H,13,14)/b10-7-/t9-/m1/s1. The van der Waals surface area contributed by atoms with Crippen LogP contribution in [0.25, 0.3) is 0 Å². The number of nitrogens with one attached hydrogen (secondary N) is 1. The van der Waals surface area contributed by atoms with E-state index in [1.165, 1.54) is 0 Å². The average molecular weight is 218 g/mol. The maximum atomic E-state index is 11.3. The molecule has 0 amide bonds. The molecular formula is C12H14N2O2. The van der Waals surface area contributed by atoms with Crippen molar-refractivity contribution in [1.82, 2.24) is 4.98 Å². The molecule has 0 unspecified atom stereocenters. The molecule has 2 rings (SSSR count). The molecule has 0 radical (unpaired) electrons. The van der Waals surface area contributed by atoms with Crippen molar-refractivity contribution in [3.63, 3.8) is 0 Å². The summed E-state index contributed by atoms with van der Waals surface area (Å²) < 4.78 is 5.02. The molecule has 1 atom stereocenters. The summed E-state index contributed by atoms with van der Waals surface area (Å²) in [7, 11) is 0. The molecule has 1 aliphatic rings. The number of anilines is 1. The highest BCUT2D eigenvalue weighted by Crippen LogP contribution is 2.19. The summed E-state index contributed by atoms with van der Waals surface area (Å²) in [5, 5.41) is 3.00. The molecule has 1 aromatic rings. The molecule has 1 saturated heterocycles. The lowest BCUT2D eigenvalue weighted by Crippen LogP contribution is -2.01. The molecule has 1 aromatic heterocycles. The molecule has 84 valence electrons. The van der Waals surface area contributed by atoms with Crippen molar-refractivity contribution in [2.24, 2.45) is 0 Å². The lowest BCUT2D eigenvalue weighted by atomic mass is 10.2. The lowest BCUT2D eigenvalue weighted by molar-refractivity contribution is -0.138. The minimum absolute atomic E-state index is 0.0222. The smallest absolute Gasteiger partial charge is 0.335 e. The van der Waals surface area contributed by atoms with Crippen LogP contribution in [0.4, 0.5) is 5.82 Å². The fraction of sp³-hybridized carbons (Fsp3) is 0.333. The van der Waals surface area contributed by atoms with Crippen LogP contribution in [-0.4, -0.2) is 17.1 Å². The Morgan fingerprint density at radius 3 is 3.00 bits per heavy atom. The van der Waals surface area contributed by atoms with Crippen molar-refractivity contribution >= 4 is 11.8 Å². The molecular weight excluding hydrogens is 204 g/mol. The number of carbonyl (C=O) groups is 1. The van der Waals surface area contributed by atoms with Gasteiger partial charge >= 0.3 is 5.97 Å². The Hall–Kier alpha value is -1.84. The van der Waals surface area contributed by atoms with E-state index in [-0.39, 0.29) is 12.1 Å². The first-order chi connectivity index (χ1) is 7.65. The number of carbonyl (C=O) groups excluding carboxylic acids is 1. The van der Waals surface area contributed by atoms with Crippen LogP contribution in [0.2, 0.25) is 0 Å². The summed E-state index contributed by atoms with van der Waals surface area (Å²) in [5.74, 6) is 0.493. The summed E-state index contributed by atoms with van der Waals surface area (Å²) in [4.78, 5) is 15.6. The summed E-state index contributed by atoms with van der Waals surface area (Å²) in [6.45, 7) is 3.80. The summed E-state index contributed by atoms with van der Waals surface area (Å²) in [6, 6.07) is 5.69. The highest BCUT2D eigenvalue weighted by Gasteiger charge is 2.25. The van der Waals surface area contributed by atoms with Crippen LogP contribution in [0.1, 0.15) is 19.0 Å². The molecule has 1 N–H and O–H groups in total. The van der Waals surface area contributed by atoms with Crippen LogP contribution in [0.15, 0.2) is 30.0 Å². The van der Waals surface area contributed by atoms with Crippen molar-refractivity contribution in [3.8, 4) is 0 Å². The van der Waals surface area contributed by atoms with Crippen LogP contribution in [0.5, 0.6) is 0 Å². The molecule has 1 aliphatic heterocycles. The van der Waals surface area contributed by atoms with Crippen LogP contribution in [0, 0.1) is 6.92 Å². The number of cyclic esters (lactones) is 1. The zero-order valence-corrected chi connectivity index (χ0v) is 9.36. The number of ether oxygens (including phenoxy) is 1. The van der Waals surface area contributed by atoms with Gasteiger partial charge in [0.25, 0.3) is 0 Å². The summed E-state index contributed by atoms with van der Waals surface area (Å²) in [6.07, 6.45) is 2.30. The molecule has 0 aromatic carbocycles. The van der Waals surface area contributed by atoms with Crippen molar-refractivity contribution in [3.05, 3.63) is 35.7 Å². The third-order valence-corrected chi connectivity index (χ3v) is 2.36. The number of aromatic nitrogens is 1. The van der Waals surface area contributed by atoms with Gasteiger partial charge in [0.1, 0.15) is 11.9 Å². The van der Waals surface area contributed by atoms with Gasteiger partial charge in [-0.1, -0.05) is 6.07 Å². The number of rotatable bonds is 2. The predicted octanol–water partition coefficient (Wildman–Crippen LogP) is 2.02. The predicted molar refractivity (Wildman–Crippen MR) is 60.9 cm³/mol. The molecule has 0 spiro atoms. The van der Waals surface area contributed by atoms with Crippen LogP contribution < -0.4 is 5.32 Å². The van der Waals surface area contributed by atoms with E-state index in [1.54, 1.807) is 6.20 Å². The number of pyridine rings is 1. The second kappa shape index (κ2) is 4.35. The van der Waals surface area contributed by atoms with Crippen LogP contribution in [0.3, 0.4) is 0 Å². The van der Waals surface area contributed by atoms with E-state index in [0.717, 1.165) is 11.5 Å². The van der Waals surface area contributed by atoms with E-state index in [1.807, 2.05) is 32.0 Å². The Morgan fingerprint density at radius 1 is 1.56 bits per heavy atom. The van der Waals surface area contributed by atoms with Crippen molar-refractivity contribution < 1.29 is 9.53 Å². The van der Waals surface area contributed by atoms with E-state index in [0.29, 0.717) is 12.0 Å². The quantitative estimate of drug-likeness (QED) is 0.609. The zero-order chi connectivity index (χ0) is 11.5. The molecule has 4 heteroatoms. The summed E-state index contributed by atoms with van der Waals surface area (Å²) >= 11 is 0. The van der Waals surface area contributed by atoms with Gasteiger partial charge < -0.3 is 10.1 Å². The van der Waals surface area contributed by atoms with Crippen molar-refractivity contribution in [2.45, 2.75) is 26.4 Å². The summed E-state index contributed by atoms with van der Waals surface area (Å²) in [5.41, 5.74) is 1.60. The van der Waals surface area contributed by atoms with Gasteiger partial charge in [0.2, 0.25) is 0 Å². The highest BCUT2D eigenvalue weighted by atomic mass is 16.5. The van der Waals surface area contributed by atoms with Gasteiger partial charge in [0, 0.05) is 18.3 Å². The van der Waals surface area contributed by atoms with Gasteiger partial charge in [0.15, 0.2) is 0 Å². The normalized spacial score (nSPS) is 22.2. The van der Waals surface area contributed by atoms with E-state index in [4.69, 9.17) is 4.74 Å². The maximum Gasteiger partial charge on any atom is 0.335 e. The topological polar surface area (TPSA) is 51.2 Å². The van der Waals surface area contributed by atoms with Crippen molar-refractivity contribution in [2.75, 3.05) is 5.32 Å². The Balaban J connectivity index is 2.06. The second-order valence-corrected chi connectivity index (χ2v) is 3.90. The van der Waals surface area contributed by atoms with Gasteiger partial charge in [-0.25, -0.2) is 9.78 Å². The molecule has 2 heterocycles. The van der Waals surface area contributed by atoms with Crippen LogP contribution in [-0.2, 0) is 9.53 Å². The first-order valence-electron chi connectivity index (χ1n) is 5.25. The second-order valence-electron chi connectivity index (χ2n) is 3.90. The van der Waals surface area contributed by atoms with E-state index >= 15 is 0 Å². The fourth-order valence-corrected chi connectivity index (χ4v) is 1.60. The van der Waals surface area contributed by atoms with E-state index < -0.39 is 0 Å². The fourth-order valence-electron chi connectivity index (χ4n) is 1.60. The van der Waals surface area contributed by atoms with Crippen molar-refractivity contribution in [1.29, 1.82) is 0 Å². The Labute approximate surface area is 94.3 Å². The average Bonchev–Trinajstić information content (AvgIpc) is 2.54. The minimum Gasteiger partial charge on any atom is -0.459 e. The molecule has 0 aliphatic carbocycles. The number of nitrogens with zero attached hydrogens (tertiary/aromatic N) is 1. The van der Waals surface area contributed by atoms with Crippen LogP contribution >= 0.6 is 0 Å². The molecule has 4 nitrogen and oxygen atoms in total. The van der Waals surface area contributed by atoms with E-state index in [9.17, 15) is 4.79 Å².